The van der Waals surface area contributed by atoms with Gasteiger partial charge in [-0.05, 0) is 30.7 Å². The molecular formula is C16H19BrN2O6. The van der Waals surface area contributed by atoms with Crippen LogP contribution in [-0.2, 0) is 20.9 Å². The molecule has 1 aromatic carbocycles. The lowest BCUT2D eigenvalue weighted by Crippen LogP contribution is -2.11. The zero-order valence-corrected chi connectivity index (χ0v) is 15.2. The van der Waals surface area contributed by atoms with Gasteiger partial charge in [0.25, 0.3) is 0 Å². The van der Waals surface area contributed by atoms with Crippen molar-refractivity contribution in [2.24, 2.45) is 0 Å². The molecule has 0 amide bonds. The summed E-state index contributed by atoms with van der Waals surface area (Å²) in [6, 6.07) is 5.97. The van der Waals surface area contributed by atoms with Crippen molar-refractivity contribution < 1.29 is 29.3 Å². The van der Waals surface area contributed by atoms with Crippen molar-refractivity contribution in [1.29, 1.82) is 0 Å². The lowest BCUT2D eigenvalue weighted by atomic mass is 10.2. The van der Waals surface area contributed by atoms with Crippen LogP contribution in [0.3, 0.4) is 0 Å². The fourth-order valence-corrected chi connectivity index (χ4v) is 2.15. The summed E-state index contributed by atoms with van der Waals surface area (Å²) in [4.78, 5) is 22.2. The second-order valence-electron chi connectivity index (χ2n) is 4.78. The Hall–Kier alpha value is -2.39. The summed E-state index contributed by atoms with van der Waals surface area (Å²) in [5.74, 6) is -2.74. The minimum atomic E-state index is -1.82. The van der Waals surface area contributed by atoms with Gasteiger partial charge in [-0.3, -0.25) is 0 Å². The normalized spacial score (nSPS) is 9.84. The predicted octanol–water partition coefficient (Wildman–Crippen LogP) is 2.21. The van der Waals surface area contributed by atoms with E-state index in [0.717, 1.165) is 22.3 Å². The maximum Gasteiger partial charge on any atom is 0.414 e. The van der Waals surface area contributed by atoms with Gasteiger partial charge in [0.1, 0.15) is 12.4 Å². The van der Waals surface area contributed by atoms with Gasteiger partial charge in [0, 0.05) is 23.4 Å². The van der Waals surface area contributed by atoms with Crippen LogP contribution in [0.1, 0.15) is 5.56 Å². The van der Waals surface area contributed by atoms with Gasteiger partial charge in [-0.1, -0.05) is 15.9 Å². The lowest BCUT2D eigenvalue weighted by Gasteiger charge is -2.10. The first kappa shape index (κ1) is 20.7. The number of halogens is 1. The first-order valence-electron chi connectivity index (χ1n) is 7.28. The minimum absolute atomic E-state index is 0.562. The number of ether oxygens (including phenoxy) is 2. The van der Waals surface area contributed by atoms with Crippen molar-refractivity contribution in [3.05, 3.63) is 47.0 Å². The van der Waals surface area contributed by atoms with Crippen molar-refractivity contribution in [3.8, 4) is 5.75 Å². The highest BCUT2D eigenvalue weighted by Crippen LogP contribution is 2.21. The van der Waals surface area contributed by atoms with Crippen LogP contribution in [0.15, 0.2) is 41.4 Å². The van der Waals surface area contributed by atoms with Crippen LogP contribution >= 0.6 is 15.9 Å². The van der Waals surface area contributed by atoms with Gasteiger partial charge in [-0.15, -0.1) is 0 Å². The molecule has 0 saturated carbocycles. The molecule has 136 valence electrons. The molecule has 25 heavy (non-hydrogen) atoms. The molecular weight excluding hydrogens is 396 g/mol. The first-order chi connectivity index (χ1) is 11.9. The van der Waals surface area contributed by atoms with Gasteiger partial charge in [0.2, 0.25) is 0 Å². The van der Waals surface area contributed by atoms with Crippen LogP contribution in [0.2, 0.25) is 0 Å². The van der Waals surface area contributed by atoms with Crippen molar-refractivity contribution in [1.82, 2.24) is 9.55 Å². The number of imidazole rings is 1. The maximum absolute atomic E-state index is 9.10. The summed E-state index contributed by atoms with van der Waals surface area (Å²) in [6.45, 7) is 4.66. The van der Waals surface area contributed by atoms with Crippen LogP contribution in [0.25, 0.3) is 0 Å². The molecule has 0 aliphatic carbocycles. The van der Waals surface area contributed by atoms with Crippen LogP contribution in [0.4, 0.5) is 0 Å². The molecule has 0 atom stereocenters. The van der Waals surface area contributed by atoms with Gasteiger partial charge in [-0.25, -0.2) is 14.6 Å². The number of nitrogens with zero attached hydrogens (tertiary/aromatic N) is 2. The van der Waals surface area contributed by atoms with Crippen LogP contribution in [0, 0.1) is 6.92 Å². The maximum atomic E-state index is 9.10. The predicted molar refractivity (Wildman–Crippen MR) is 92.7 cm³/mol. The van der Waals surface area contributed by atoms with E-state index in [2.05, 4.69) is 20.9 Å². The molecule has 0 bridgehead atoms. The van der Waals surface area contributed by atoms with Gasteiger partial charge in [0.05, 0.1) is 19.5 Å². The van der Waals surface area contributed by atoms with Crippen molar-refractivity contribution in [2.45, 2.75) is 13.5 Å². The highest BCUT2D eigenvalue weighted by Gasteiger charge is 2.04. The van der Waals surface area contributed by atoms with E-state index < -0.39 is 11.9 Å². The van der Waals surface area contributed by atoms with Crippen LogP contribution in [-0.4, -0.2) is 51.5 Å². The average Bonchev–Trinajstić information content (AvgIpc) is 3.06. The van der Waals surface area contributed by atoms with E-state index in [1.165, 1.54) is 0 Å². The molecule has 0 unspecified atom stereocenters. The van der Waals surface area contributed by atoms with Crippen molar-refractivity contribution >= 4 is 27.9 Å². The molecule has 0 spiro atoms. The number of rotatable bonds is 7. The van der Waals surface area contributed by atoms with Gasteiger partial charge >= 0.3 is 11.9 Å². The Bertz CT molecular complexity index is 663. The summed E-state index contributed by atoms with van der Waals surface area (Å²) in [6.07, 6.45) is 5.47. The Morgan fingerprint density at radius 2 is 1.92 bits per heavy atom. The molecule has 8 nitrogen and oxygen atoms in total. The highest BCUT2D eigenvalue weighted by atomic mass is 79.9. The topological polar surface area (TPSA) is 111 Å². The fourth-order valence-electron chi connectivity index (χ4n) is 1.68. The van der Waals surface area contributed by atoms with Gasteiger partial charge in [-0.2, -0.15) is 0 Å². The Morgan fingerprint density at radius 3 is 2.48 bits per heavy atom. The Labute approximate surface area is 153 Å². The smallest absolute Gasteiger partial charge is 0.414 e. The van der Waals surface area contributed by atoms with Crippen molar-refractivity contribution in [3.63, 3.8) is 0 Å². The van der Waals surface area contributed by atoms with Crippen molar-refractivity contribution in [2.75, 3.05) is 19.8 Å². The Kier molecular flexibility index (Phi) is 9.26. The second kappa shape index (κ2) is 11.2. The van der Waals surface area contributed by atoms with E-state index in [1.54, 1.807) is 12.5 Å². The molecule has 0 fully saturated rings. The zero-order chi connectivity index (χ0) is 18.7. The molecule has 0 aliphatic heterocycles. The molecule has 2 aromatic rings. The molecule has 0 saturated heterocycles. The number of carboxylic acid groups (broad SMARTS) is 2. The summed E-state index contributed by atoms with van der Waals surface area (Å²) >= 11 is 3.43. The largest absolute Gasteiger partial charge is 0.491 e. The number of hydrogen-bond acceptors (Lipinski definition) is 5. The molecule has 0 aliphatic rings. The fraction of sp³-hybridized carbons (Fsp3) is 0.312. The van der Waals surface area contributed by atoms with E-state index in [4.69, 9.17) is 29.3 Å². The Morgan fingerprint density at radius 1 is 1.20 bits per heavy atom. The van der Waals surface area contributed by atoms with E-state index in [9.17, 15) is 0 Å². The number of hydrogen-bond donors (Lipinski definition) is 2. The third-order valence-corrected chi connectivity index (χ3v) is 3.35. The molecule has 2 N–H and O–H groups in total. The lowest BCUT2D eigenvalue weighted by molar-refractivity contribution is -0.159. The van der Waals surface area contributed by atoms with E-state index in [0.29, 0.717) is 19.8 Å². The molecule has 2 rings (SSSR count). The van der Waals surface area contributed by atoms with E-state index >= 15 is 0 Å². The monoisotopic (exact) mass is 414 g/mol. The quantitative estimate of drug-likeness (QED) is 0.527. The number of benzene rings is 1. The number of carboxylic acids is 2. The van der Waals surface area contributed by atoms with Crippen LogP contribution < -0.4 is 4.74 Å². The minimum Gasteiger partial charge on any atom is -0.491 e. The molecule has 0 radical (unpaired) electrons. The average molecular weight is 415 g/mol. The van der Waals surface area contributed by atoms with Gasteiger partial charge in [0.15, 0.2) is 0 Å². The highest BCUT2D eigenvalue weighted by molar-refractivity contribution is 9.10. The Balaban J connectivity index is 0.000000450. The van der Waals surface area contributed by atoms with Gasteiger partial charge < -0.3 is 24.3 Å². The third kappa shape index (κ3) is 8.87. The SMILES string of the molecule is Cc1cc(Br)ccc1OCCOCCn1ccnc1.O=C(O)C(=O)O. The number of aromatic nitrogens is 2. The second-order valence-corrected chi connectivity index (χ2v) is 5.70. The zero-order valence-electron chi connectivity index (χ0n) is 13.6. The van der Waals surface area contributed by atoms with Crippen LogP contribution in [0.5, 0.6) is 5.75 Å². The number of aliphatic carboxylic acids is 2. The summed E-state index contributed by atoms with van der Waals surface area (Å²) < 4.78 is 14.2. The van der Waals surface area contributed by atoms with E-state index in [1.807, 2.05) is 35.9 Å². The standard InChI is InChI=1S/C14H17BrN2O2.C2H2O4/c1-12-10-13(15)2-3-14(12)19-9-8-18-7-6-17-5-4-16-11-17;3-1(4)2(5)6/h2-5,10-11H,6-9H2,1H3;(H,3,4)(H,5,6). The number of aryl methyl sites for hydroxylation is 1. The molecule has 1 aromatic heterocycles. The molecule has 9 heteroatoms. The summed E-state index contributed by atoms with van der Waals surface area (Å²) in [7, 11) is 0. The summed E-state index contributed by atoms with van der Waals surface area (Å²) in [5, 5.41) is 14.8. The first-order valence-corrected chi connectivity index (χ1v) is 8.08. The molecule has 1 heterocycles. The summed E-state index contributed by atoms with van der Waals surface area (Å²) in [5.41, 5.74) is 1.12. The van der Waals surface area contributed by atoms with E-state index in [-0.39, 0.29) is 0 Å². The number of carbonyl (C=O) groups is 2. The third-order valence-electron chi connectivity index (χ3n) is 2.86.